The van der Waals surface area contributed by atoms with Gasteiger partial charge in [-0.25, -0.2) is 0 Å². The number of Topliss-reactive ketones (excluding diaryl/α,β-unsaturated/α-hetero) is 1. The quantitative estimate of drug-likeness (QED) is 0.136. The summed E-state index contributed by atoms with van der Waals surface area (Å²) in [5.41, 5.74) is 5.20. The van der Waals surface area contributed by atoms with Crippen LogP contribution in [-0.4, -0.2) is 23.4 Å². The highest BCUT2D eigenvalue weighted by Crippen LogP contribution is 2.43. The van der Waals surface area contributed by atoms with E-state index in [1.807, 2.05) is 105 Å². The lowest BCUT2D eigenvalue weighted by molar-refractivity contribution is -0.132. The number of rotatable bonds is 7. The minimum absolute atomic E-state index is 0.0566. The van der Waals surface area contributed by atoms with Crippen molar-refractivity contribution in [3.63, 3.8) is 0 Å². The van der Waals surface area contributed by atoms with Gasteiger partial charge in [-0.2, -0.15) is 0 Å². The molecule has 1 aliphatic rings. The Bertz CT molecular complexity index is 1650. The van der Waals surface area contributed by atoms with Crippen LogP contribution in [0, 0.1) is 6.92 Å². The molecule has 1 unspecified atom stereocenters. The van der Waals surface area contributed by atoms with E-state index in [0.717, 1.165) is 33.8 Å². The molecule has 6 nitrogen and oxygen atoms in total. The van der Waals surface area contributed by atoms with Crippen LogP contribution < -0.4 is 15.0 Å². The molecule has 1 amide bonds. The van der Waals surface area contributed by atoms with Gasteiger partial charge in [-0.3, -0.25) is 14.5 Å². The Hall–Kier alpha value is -4.84. The minimum atomic E-state index is -0.803. The highest BCUT2D eigenvalue weighted by Gasteiger charge is 2.47. The maximum Gasteiger partial charge on any atom is 0.300 e. The number of nitrogens with one attached hydrogen (secondary N) is 1. The number of ether oxygens (including phenoxy) is 1. The molecule has 1 aliphatic heterocycles. The number of para-hydroxylation sites is 1. The monoisotopic (exact) mass is 560 g/mol. The molecule has 4 aromatic carbocycles. The van der Waals surface area contributed by atoms with Crippen LogP contribution in [-0.2, 0) is 15.0 Å². The fourth-order valence-electron chi connectivity index (χ4n) is 5.35. The van der Waals surface area contributed by atoms with E-state index in [1.165, 1.54) is 4.90 Å². The summed E-state index contributed by atoms with van der Waals surface area (Å²) in [5.74, 6) is -0.898. The summed E-state index contributed by atoms with van der Waals surface area (Å²) in [6, 6.07) is 29.4. The third-order valence-electron chi connectivity index (χ3n) is 7.37. The molecule has 6 heteroatoms. The molecule has 1 fully saturated rings. The molecule has 2 N–H and O–H groups in total. The van der Waals surface area contributed by atoms with Gasteiger partial charge in [0.25, 0.3) is 11.7 Å². The number of aryl methyl sites for hydroxylation is 1. The summed E-state index contributed by atoms with van der Waals surface area (Å²) >= 11 is 0. The summed E-state index contributed by atoms with van der Waals surface area (Å²) in [6.07, 6.45) is 0. The molecule has 0 aliphatic carbocycles. The number of aliphatic hydroxyl groups excluding tert-OH is 1. The van der Waals surface area contributed by atoms with Gasteiger partial charge >= 0.3 is 0 Å². The van der Waals surface area contributed by atoms with Crippen molar-refractivity contribution in [2.24, 2.45) is 0 Å². The fourth-order valence-corrected chi connectivity index (χ4v) is 5.35. The zero-order valence-electron chi connectivity index (χ0n) is 24.6. The Balaban J connectivity index is 1.62. The van der Waals surface area contributed by atoms with Crippen LogP contribution in [0.2, 0.25) is 0 Å². The molecule has 0 bridgehead atoms. The fraction of sp³-hybridized carbons (Fsp3) is 0.222. The zero-order chi connectivity index (χ0) is 30.0. The second-order valence-corrected chi connectivity index (χ2v) is 11.5. The average molecular weight is 561 g/mol. The van der Waals surface area contributed by atoms with Gasteiger partial charge in [0.2, 0.25) is 0 Å². The second-order valence-electron chi connectivity index (χ2n) is 11.5. The molecule has 1 atom stereocenters. The van der Waals surface area contributed by atoms with Crippen molar-refractivity contribution in [3.05, 3.63) is 125 Å². The number of aliphatic hydroxyl groups is 1. The Morgan fingerprint density at radius 1 is 0.881 bits per heavy atom. The molecule has 42 heavy (non-hydrogen) atoms. The number of amides is 1. The number of hydrogen-bond acceptors (Lipinski definition) is 5. The van der Waals surface area contributed by atoms with Crippen LogP contribution in [0.3, 0.4) is 0 Å². The van der Waals surface area contributed by atoms with Gasteiger partial charge in [0.15, 0.2) is 0 Å². The van der Waals surface area contributed by atoms with Crippen LogP contribution in [0.1, 0.15) is 56.0 Å². The molecule has 1 saturated heterocycles. The highest BCUT2D eigenvalue weighted by atomic mass is 16.5. The lowest BCUT2D eigenvalue weighted by Crippen LogP contribution is -2.29. The van der Waals surface area contributed by atoms with Crippen LogP contribution in [0.5, 0.6) is 5.75 Å². The maximum atomic E-state index is 13.7. The highest BCUT2D eigenvalue weighted by molar-refractivity contribution is 6.51. The standard InChI is InChI=1S/C36H36N2O4/c1-6-42-30-20-15-25(22-29(30)36(3,4)5)33(39)31-32(24-12-10-11-23(2)21-24)38(35(41)34(31)40)28-18-16-27(17-19-28)37-26-13-8-7-9-14-26/h7-22,32,37,39H,6H2,1-5H3/b33-31-. The molecular weight excluding hydrogens is 524 g/mol. The SMILES string of the molecule is CCOc1ccc(/C(O)=C2/C(=O)C(=O)N(c3ccc(Nc4ccccc4)cc3)C2c2cccc(C)c2)cc1C(C)(C)C. The van der Waals surface area contributed by atoms with Crippen molar-refractivity contribution in [2.45, 2.75) is 46.1 Å². The molecule has 5 rings (SSSR count). The number of carbonyl (C=O) groups excluding carboxylic acids is 2. The Morgan fingerprint density at radius 3 is 2.21 bits per heavy atom. The van der Waals surface area contributed by atoms with Crippen LogP contribution in [0.4, 0.5) is 17.1 Å². The van der Waals surface area contributed by atoms with Crippen molar-refractivity contribution < 1.29 is 19.4 Å². The number of hydrogen-bond donors (Lipinski definition) is 2. The predicted octanol–water partition coefficient (Wildman–Crippen LogP) is 8.06. The smallest absolute Gasteiger partial charge is 0.300 e. The van der Waals surface area contributed by atoms with Crippen molar-refractivity contribution >= 4 is 34.5 Å². The van der Waals surface area contributed by atoms with Gasteiger partial charge in [-0.05, 0) is 79.4 Å². The van der Waals surface area contributed by atoms with E-state index in [1.54, 1.807) is 6.07 Å². The summed E-state index contributed by atoms with van der Waals surface area (Å²) in [5, 5.41) is 15.1. The van der Waals surface area contributed by atoms with Gasteiger partial charge in [0, 0.05) is 28.2 Å². The molecule has 1 heterocycles. The largest absolute Gasteiger partial charge is 0.507 e. The third kappa shape index (κ3) is 5.66. The van der Waals surface area contributed by atoms with Crippen LogP contribution in [0.15, 0.2) is 103 Å². The van der Waals surface area contributed by atoms with Crippen molar-refractivity contribution in [3.8, 4) is 5.75 Å². The van der Waals surface area contributed by atoms with E-state index in [-0.39, 0.29) is 16.7 Å². The topological polar surface area (TPSA) is 78.9 Å². The first-order valence-electron chi connectivity index (χ1n) is 14.2. The molecule has 214 valence electrons. The van der Waals surface area contributed by atoms with Gasteiger partial charge < -0.3 is 15.2 Å². The number of carbonyl (C=O) groups is 2. The molecule has 0 radical (unpaired) electrons. The first-order chi connectivity index (χ1) is 20.1. The van der Waals surface area contributed by atoms with E-state index >= 15 is 0 Å². The third-order valence-corrected chi connectivity index (χ3v) is 7.37. The Morgan fingerprint density at radius 2 is 1.57 bits per heavy atom. The number of nitrogens with zero attached hydrogens (tertiary/aromatic N) is 1. The van der Waals surface area contributed by atoms with Crippen molar-refractivity contribution in [1.29, 1.82) is 0 Å². The number of benzene rings is 4. The van der Waals surface area contributed by atoms with E-state index < -0.39 is 17.7 Å². The summed E-state index contributed by atoms with van der Waals surface area (Å²) in [4.78, 5) is 28.8. The van der Waals surface area contributed by atoms with Gasteiger partial charge in [-0.15, -0.1) is 0 Å². The predicted molar refractivity (Wildman–Crippen MR) is 168 cm³/mol. The summed E-state index contributed by atoms with van der Waals surface area (Å²) in [6.45, 7) is 10.6. The van der Waals surface area contributed by atoms with E-state index in [0.29, 0.717) is 17.9 Å². The Kier molecular flexibility index (Phi) is 7.90. The molecule has 4 aromatic rings. The normalized spacial score (nSPS) is 16.5. The average Bonchev–Trinajstić information content (AvgIpc) is 3.23. The first-order valence-corrected chi connectivity index (χ1v) is 14.2. The summed E-state index contributed by atoms with van der Waals surface area (Å²) < 4.78 is 5.86. The molecular formula is C36H36N2O4. The van der Waals surface area contributed by atoms with E-state index in [9.17, 15) is 14.7 Å². The Labute approximate surface area is 247 Å². The summed E-state index contributed by atoms with van der Waals surface area (Å²) in [7, 11) is 0. The second kappa shape index (κ2) is 11.6. The minimum Gasteiger partial charge on any atom is -0.507 e. The van der Waals surface area contributed by atoms with E-state index in [2.05, 4.69) is 26.1 Å². The maximum absolute atomic E-state index is 13.7. The van der Waals surface area contributed by atoms with Crippen LogP contribution in [0.25, 0.3) is 5.76 Å². The lowest BCUT2D eigenvalue weighted by atomic mass is 9.84. The van der Waals surface area contributed by atoms with Gasteiger partial charge in [0.05, 0.1) is 18.2 Å². The van der Waals surface area contributed by atoms with Gasteiger partial charge in [-0.1, -0.05) is 68.8 Å². The van der Waals surface area contributed by atoms with Crippen molar-refractivity contribution in [2.75, 3.05) is 16.8 Å². The zero-order valence-corrected chi connectivity index (χ0v) is 24.6. The van der Waals surface area contributed by atoms with Crippen molar-refractivity contribution in [1.82, 2.24) is 0 Å². The van der Waals surface area contributed by atoms with Gasteiger partial charge in [0.1, 0.15) is 11.5 Å². The molecule has 0 spiro atoms. The number of ketones is 1. The first kappa shape index (κ1) is 28.7. The molecule has 0 saturated carbocycles. The number of anilines is 3. The molecule has 0 aromatic heterocycles. The lowest BCUT2D eigenvalue weighted by Gasteiger charge is -2.26. The van der Waals surface area contributed by atoms with E-state index in [4.69, 9.17) is 4.74 Å². The van der Waals surface area contributed by atoms with Crippen LogP contribution >= 0.6 is 0 Å².